The van der Waals surface area contributed by atoms with Gasteiger partial charge in [0.25, 0.3) is 0 Å². The molecule has 40 heavy (non-hydrogen) atoms. The molecule has 3 N–H and O–H groups in total. The second-order valence-corrected chi connectivity index (χ2v) is 12.8. The number of amides is 2. The third-order valence-electron chi connectivity index (χ3n) is 8.13. The average molecular weight is 596 g/mol. The smallest absolute Gasteiger partial charge is 0.237 e. The number of carbonyl (C=O) groups excluding carboxylic acids is 2. The van der Waals surface area contributed by atoms with Gasteiger partial charge in [-0.05, 0) is 41.2 Å². The Morgan fingerprint density at radius 3 is 2.60 bits per heavy atom. The highest BCUT2D eigenvalue weighted by atomic mass is 35.5. The highest BCUT2D eigenvalue weighted by Gasteiger charge is 2.66. The summed E-state index contributed by atoms with van der Waals surface area (Å²) in [4.78, 5) is 30.2. The van der Waals surface area contributed by atoms with E-state index < -0.39 is 41.0 Å². The molecule has 3 aliphatic rings. The van der Waals surface area contributed by atoms with Crippen LogP contribution < -0.4 is 16.0 Å². The van der Waals surface area contributed by atoms with Crippen LogP contribution in [-0.4, -0.2) is 68.2 Å². The third kappa shape index (κ3) is 5.23. The van der Waals surface area contributed by atoms with Crippen LogP contribution in [0.15, 0.2) is 30.3 Å². The lowest BCUT2D eigenvalue weighted by Crippen LogP contribution is -2.49. The number of nitrogens with zero attached hydrogens (tertiary/aromatic N) is 1. The van der Waals surface area contributed by atoms with Gasteiger partial charge < -0.3 is 20.7 Å². The van der Waals surface area contributed by atoms with Crippen molar-refractivity contribution in [3.05, 3.63) is 63.1 Å². The predicted octanol–water partition coefficient (Wildman–Crippen LogP) is 4.47. The second kappa shape index (κ2) is 11.2. The number of anilines is 1. The molecule has 216 valence electrons. The molecule has 2 saturated heterocycles. The van der Waals surface area contributed by atoms with Gasteiger partial charge in [-0.25, -0.2) is 8.78 Å². The molecule has 0 bridgehead atoms. The quantitative estimate of drug-likeness (QED) is 0.460. The van der Waals surface area contributed by atoms with E-state index in [1.807, 2.05) is 20.8 Å². The molecule has 7 nitrogen and oxygen atoms in total. The number of rotatable bonds is 6. The first-order valence-corrected chi connectivity index (χ1v) is 14.3. The number of hydrogen-bond donors (Lipinski definition) is 3. The van der Waals surface area contributed by atoms with Crippen molar-refractivity contribution in [2.75, 3.05) is 44.7 Å². The molecular formula is C29H34Cl2F2N4O3. The lowest BCUT2D eigenvalue weighted by molar-refractivity contribution is -0.124. The van der Waals surface area contributed by atoms with E-state index in [9.17, 15) is 14.0 Å². The fourth-order valence-electron chi connectivity index (χ4n) is 6.44. The van der Waals surface area contributed by atoms with E-state index in [2.05, 4.69) is 20.9 Å². The van der Waals surface area contributed by atoms with Crippen molar-refractivity contribution in [1.82, 2.24) is 15.5 Å². The Morgan fingerprint density at radius 1 is 1.18 bits per heavy atom. The Morgan fingerprint density at radius 2 is 1.90 bits per heavy atom. The van der Waals surface area contributed by atoms with E-state index in [-0.39, 0.29) is 26.9 Å². The van der Waals surface area contributed by atoms with Gasteiger partial charge in [0.05, 0.1) is 29.3 Å². The van der Waals surface area contributed by atoms with Crippen molar-refractivity contribution in [1.29, 1.82) is 0 Å². The van der Waals surface area contributed by atoms with Crippen molar-refractivity contribution < 1.29 is 23.1 Å². The summed E-state index contributed by atoms with van der Waals surface area (Å²) in [6.45, 7) is 9.87. The van der Waals surface area contributed by atoms with E-state index in [4.69, 9.17) is 27.9 Å². The van der Waals surface area contributed by atoms with Crippen molar-refractivity contribution in [2.24, 2.45) is 5.41 Å². The molecule has 5 rings (SSSR count). The van der Waals surface area contributed by atoms with E-state index in [1.165, 1.54) is 18.2 Å². The number of carbonyl (C=O) groups is 2. The Balaban J connectivity index is 1.61. The van der Waals surface area contributed by atoms with Crippen LogP contribution in [0.5, 0.6) is 0 Å². The first-order valence-electron chi connectivity index (χ1n) is 13.5. The average Bonchev–Trinajstić information content (AvgIpc) is 3.36. The van der Waals surface area contributed by atoms with Crippen LogP contribution in [0.2, 0.25) is 10.0 Å². The Kier molecular flexibility index (Phi) is 8.16. The van der Waals surface area contributed by atoms with Gasteiger partial charge in [0.15, 0.2) is 0 Å². The predicted molar refractivity (Wildman–Crippen MR) is 151 cm³/mol. The summed E-state index contributed by atoms with van der Waals surface area (Å²) in [5.74, 6) is -3.25. The summed E-state index contributed by atoms with van der Waals surface area (Å²) >= 11 is 12.3. The summed E-state index contributed by atoms with van der Waals surface area (Å²) in [6, 6.07) is 5.53. The SMILES string of the molecule is CC(C)(C)CC1N[C@@H](C(=O)NCCN2CCOCC2)[C@H](c2cccc(Cl)c2F)[C@@]12C(=O)Nc1cc(Cl)c(F)cc12. The molecule has 4 atom stereocenters. The Hall–Kier alpha value is -2.30. The fourth-order valence-corrected chi connectivity index (χ4v) is 6.78. The van der Waals surface area contributed by atoms with E-state index in [1.54, 1.807) is 12.1 Å². The molecule has 0 radical (unpaired) electrons. The van der Waals surface area contributed by atoms with Crippen molar-refractivity contribution >= 4 is 40.7 Å². The summed E-state index contributed by atoms with van der Waals surface area (Å²) in [7, 11) is 0. The fraction of sp³-hybridized carbons (Fsp3) is 0.517. The van der Waals surface area contributed by atoms with Gasteiger partial charge in [-0.15, -0.1) is 0 Å². The molecule has 1 unspecified atom stereocenters. The monoisotopic (exact) mass is 594 g/mol. The molecule has 1 spiro atoms. The molecule has 0 aromatic heterocycles. The van der Waals surface area contributed by atoms with Crippen molar-refractivity contribution in [3.8, 4) is 0 Å². The minimum atomic E-state index is -1.51. The van der Waals surface area contributed by atoms with Crippen LogP contribution in [0.3, 0.4) is 0 Å². The van der Waals surface area contributed by atoms with Crippen LogP contribution in [0.25, 0.3) is 0 Å². The maximum absolute atomic E-state index is 15.8. The van der Waals surface area contributed by atoms with Gasteiger partial charge in [0, 0.05) is 43.8 Å². The number of benzene rings is 2. The third-order valence-corrected chi connectivity index (χ3v) is 8.71. The van der Waals surface area contributed by atoms with Gasteiger partial charge in [0.1, 0.15) is 17.0 Å². The molecule has 11 heteroatoms. The maximum atomic E-state index is 15.8. The Labute approximate surface area is 242 Å². The molecule has 3 aliphatic heterocycles. The van der Waals surface area contributed by atoms with E-state index in [0.717, 1.165) is 13.1 Å². The minimum Gasteiger partial charge on any atom is -0.379 e. The van der Waals surface area contributed by atoms with Gasteiger partial charge in [-0.1, -0.05) is 56.1 Å². The number of nitrogens with one attached hydrogen (secondary N) is 3. The van der Waals surface area contributed by atoms with Crippen LogP contribution >= 0.6 is 23.2 Å². The van der Waals surface area contributed by atoms with Crippen LogP contribution in [0.4, 0.5) is 14.5 Å². The Bertz CT molecular complexity index is 1310. The number of ether oxygens (including phenoxy) is 1. The maximum Gasteiger partial charge on any atom is 0.237 e. The van der Waals surface area contributed by atoms with Crippen LogP contribution in [0, 0.1) is 17.0 Å². The zero-order chi connectivity index (χ0) is 28.8. The molecular weight excluding hydrogens is 561 g/mol. The zero-order valence-corrected chi connectivity index (χ0v) is 24.3. The van der Waals surface area contributed by atoms with Crippen molar-refractivity contribution in [3.63, 3.8) is 0 Å². The number of hydrogen-bond acceptors (Lipinski definition) is 5. The molecule has 0 aliphatic carbocycles. The van der Waals surface area contributed by atoms with Crippen molar-refractivity contribution in [2.45, 2.75) is 50.6 Å². The topological polar surface area (TPSA) is 82.7 Å². The minimum absolute atomic E-state index is 0.114. The largest absolute Gasteiger partial charge is 0.379 e. The number of fused-ring (bicyclic) bond motifs is 2. The van der Waals surface area contributed by atoms with Crippen LogP contribution in [-0.2, 0) is 19.7 Å². The number of morpholine rings is 1. The standard InChI is InChI=1S/C29H34Cl2F2N4O3/c1-28(2,3)15-22-29(17-13-20(32)19(31)14-21(17)35-27(29)39)23(16-5-4-6-18(30)24(16)33)25(36-22)26(38)34-7-8-37-9-11-40-12-10-37/h4-6,13-14,22-23,25,36H,7-12,15H2,1-3H3,(H,34,38)(H,35,39)/t22?,23-,25+,29-/m0/s1. The molecule has 2 aromatic carbocycles. The molecule has 2 fully saturated rings. The van der Waals surface area contributed by atoms with Gasteiger partial charge in [-0.2, -0.15) is 0 Å². The lowest BCUT2D eigenvalue weighted by Gasteiger charge is -2.37. The molecule has 3 heterocycles. The summed E-state index contributed by atoms with van der Waals surface area (Å²) in [5.41, 5.74) is -1.00. The molecule has 2 amide bonds. The van der Waals surface area contributed by atoms with Gasteiger partial charge in [-0.3, -0.25) is 14.5 Å². The van der Waals surface area contributed by atoms with Crippen LogP contribution in [0.1, 0.15) is 44.2 Å². The number of halogens is 4. The first kappa shape index (κ1) is 29.2. The van der Waals surface area contributed by atoms with Gasteiger partial charge >= 0.3 is 0 Å². The molecule has 2 aromatic rings. The molecule has 0 saturated carbocycles. The van der Waals surface area contributed by atoms with Gasteiger partial charge in [0.2, 0.25) is 11.8 Å². The van der Waals surface area contributed by atoms with E-state index in [0.29, 0.717) is 44.0 Å². The zero-order valence-electron chi connectivity index (χ0n) is 22.8. The summed E-state index contributed by atoms with van der Waals surface area (Å²) in [5, 5.41) is 8.98. The van der Waals surface area contributed by atoms with E-state index >= 15 is 4.39 Å². The lowest BCUT2D eigenvalue weighted by atomic mass is 9.62. The first-order chi connectivity index (χ1) is 18.9. The second-order valence-electron chi connectivity index (χ2n) is 12.0. The highest BCUT2D eigenvalue weighted by molar-refractivity contribution is 6.31. The summed E-state index contributed by atoms with van der Waals surface area (Å²) < 4.78 is 36.2. The summed E-state index contributed by atoms with van der Waals surface area (Å²) in [6.07, 6.45) is 0.445. The highest BCUT2D eigenvalue weighted by Crippen LogP contribution is 2.57. The normalized spacial score (nSPS) is 26.7.